The lowest BCUT2D eigenvalue weighted by atomic mass is 10.1. The van der Waals surface area contributed by atoms with E-state index in [4.69, 9.17) is 4.74 Å². The first-order valence-electron chi connectivity index (χ1n) is 6.88. The molecule has 1 aromatic rings. The van der Waals surface area contributed by atoms with Crippen molar-refractivity contribution in [3.63, 3.8) is 0 Å². The number of ether oxygens (including phenoxy) is 1. The summed E-state index contributed by atoms with van der Waals surface area (Å²) in [6, 6.07) is 9.78. The highest BCUT2D eigenvalue weighted by molar-refractivity contribution is 5.76. The van der Waals surface area contributed by atoms with Crippen LogP contribution >= 0.6 is 0 Å². The number of aliphatic hydroxyl groups is 1. The molecule has 1 N–H and O–H groups in total. The van der Waals surface area contributed by atoms with Gasteiger partial charge in [-0.1, -0.05) is 30.3 Å². The second kappa shape index (κ2) is 7.41. The SMILES string of the molecule is COC(C)CC(=O)N(Cc1ccccc1)CC(C)(C)O. The average molecular weight is 279 g/mol. The maximum Gasteiger partial charge on any atom is 0.225 e. The molecule has 20 heavy (non-hydrogen) atoms. The lowest BCUT2D eigenvalue weighted by Gasteiger charge is -2.30. The van der Waals surface area contributed by atoms with Crippen LogP contribution in [0.1, 0.15) is 32.8 Å². The predicted molar refractivity (Wildman–Crippen MR) is 79.2 cm³/mol. The van der Waals surface area contributed by atoms with Crippen LogP contribution in [0.2, 0.25) is 0 Å². The van der Waals surface area contributed by atoms with Crippen LogP contribution in [0.25, 0.3) is 0 Å². The van der Waals surface area contributed by atoms with E-state index in [9.17, 15) is 9.90 Å². The van der Waals surface area contributed by atoms with Gasteiger partial charge in [0.2, 0.25) is 5.91 Å². The van der Waals surface area contributed by atoms with Crippen LogP contribution in [0.4, 0.5) is 0 Å². The lowest BCUT2D eigenvalue weighted by Crippen LogP contribution is -2.42. The van der Waals surface area contributed by atoms with E-state index < -0.39 is 5.60 Å². The molecule has 0 saturated carbocycles. The Morgan fingerprint density at radius 3 is 2.45 bits per heavy atom. The van der Waals surface area contributed by atoms with Gasteiger partial charge in [-0.15, -0.1) is 0 Å². The van der Waals surface area contributed by atoms with Crippen molar-refractivity contribution in [2.75, 3.05) is 13.7 Å². The topological polar surface area (TPSA) is 49.8 Å². The Kier molecular flexibility index (Phi) is 6.17. The second-order valence-electron chi connectivity index (χ2n) is 5.80. The summed E-state index contributed by atoms with van der Waals surface area (Å²) in [5.41, 5.74) is 0.135. The molecule has 112 valence electrons. The maximum atomic E-state index is 12.3. The third-order valence-corrected chi connectivity index (χ3v) is 3.01. The Morgan fingerprint density at radius 2 is 1.95 bits per heavy atom. The third kappa shape index (κ3) is 6.17. The van der Waals surface area contributed by atoms with Gasteiger partial charge >= 0.3 is 0 Å². The zero-order valence-corrected chi connectivity index (χ0v) is 12.8. The quantitative estimate of drug-likeness (QED) is 0.832. The standard InChI is InChI=1S/C16H25NO3/c1-13(20-4)10-15(18)17(12-16(2,3)19)11-14-8-6-5-7-9-14/h5-9,13,19H,10-12H2,1-4H3. The highest BCUT2D eigenvalue weighted by Gasteiger charge is 2.23. The molecule has 1 aromatic carbocycles. The van der Waals surface area contributed by atoms with E-state index in [0.717, 1.165) is 5.56 Å². The smallest absolute Gasteiger partial charge is 0.225 e. The first-order valence-corrected chi connectivity index (χ1v) is 6.88. The first kappa shape index (κ1) is 16.7. The van der Waals surface area contributed by atoms with E-state index in [0.29, 0.717) is 19.5 Å². The summed E-state index contributed by atoms with van der Waals surface area (Å²) in [4.78, 5) is 14.0. The summed E-state index contributed by atoms with van der Waals surface area (Å²) in [5, 5.41) is 9.98. The van der Waals surface area contributed by atoms with Crippen molar-refractivity contribution in [1.82, 2.24) is 4.90 Å². The summed E-state index contributed by atoms with van der Waals surface area (Å²) >= 11 is 0. The number of benzene rings is 1. The summed E-state index contributed by atoms with van der Waals surface area (Å²) < 4.78 is 5.14. The molecule has 1 unspecified atom stereocenters. The number of hydrogen-bond donors (Lipinski definition) is 1. The Hall–Kier alpha value is -1.39. The van der Waals surface area contributed by atoms with Crippen LogP contribution in [0, 0.1) is 0 Å². The van der Waals surface area contributed by atoms with Crippen LogP contribution < -0.4 is 0 Å². The minimum Gasteiger partial charge on any atom is -0.389 e. The molecule has 0 saturated heterocycles. The van der Waals surface area contributed by atoms with Crippen molar-refractivity contribution in [1.29, 1.82) is 0 Å². The van der Waals surface area contributed by atoms with Crippen LogP contribution in [0.3, 0.4) is 0 Å². The molecule has 1 amide bonds. The Morgan fingerprint density at radius 1 is 1.35 bits per heavy atom. The van der Waals surface area contributed by atoms with Gasteiger partial charge in [0.05, 0.1) is 18.1 Å². The summed E-state index contributed by atoms with van der Waals surface area (Å²) in [6.45, 7) is 6.08. The molecule has 1 rings (SSSR count). The summed E-state index contributed by atoms with van der Waals surface area (Å²) in [7, 11) is 1.59. The number of nitrogens with zero attached hydrogens (tertiary/aromatic N) is 1. The largest absolute Gasteiger partial charge is 0.389 e. The molecule has 0 bridgehead atoms. The number of methoxy groups -OCH3 is 1. The fourth-order valence-electron chi connectivity index (χ4n) is 1.96. The Bertz CT molecular complexity index is 411. The normalized spacial score (nSPS) is 13.1. The van der Waals surface area contributed by atoms with Crippen molar-refractivity contribution < 1.29 is 14.6 Å². The minimum atomic E-state index is -0.916. The number of amides is 1. The molecule has 1 atom stereocenters. The van der Waals surface area contributed by atoms with Gasteiger partial charge in [0.1, 0.15) is 0 Å². The molecular weight excluding hydrogens is 254 g/mol. The van der Waals surface area contributed by atoms with Crippen molar-refractivity contribution in [3.05, 3.63) is 35.9 Å². The number of carbonyl (C=O) groups is 1. The molecule has 0 fully saturated rings. The van der Waals surface area contributed by atoms with E-state index in [-0.39, 0.29) is 12.0 Å². The minimum absolute atomic E-state index is 0.00896. The van der Waals surface area contributed by atoms with Crippen molar-refractivity contribution >= 4 is 5.91 Å². The zero-order valence-electron chi connectivity index (χ0n) is 12.8. The van der Waals surface area contributed by atoms with Crippen molar-refractivity contribution in [3.8, 4) is 0 Å². The highest BCUT2D eigenvalue weighted by atomic mass is 16.5. The van der Waals surface area contributed by atoms with E-state index in [2.05, 4.69) is 0 Å². The summed E-state index contributed by atoms with van der Waals surface area (Å²) in [6.07, 6.45) is 0.196. The van der Waals surface area contributed by atoms with Gasteiger partial charge in [-0.05, 0) is 26.3 Å². The number of carbonyl (C=O) groups excluding carboxylic acids is 1. The van der Waals surface area contributed by atoms with Gasteiger partial charge in [-0.2, -0.15) is 0 Å². The van der Waals surface area contributed by atoms with Gasteiger partial charge in [0.25, 0.3) is 0 Å². The van der Waals surface area contributed by atoms with E-state index in [1.54, 1.807) is 25.9 Å². The molecule has 4 nitrogen and oxygen atoms in total. The first-order chi connectivity index (χ1) is 9.31. The monoisotopic (exact) mass is 279 g/mol. The van der Waals surface area contributed by atoms with E-state index in [1.165, 1.54) is 0 Å². The van der Waals surface area contributed by atoms with Crippen molar-refractivity contribution in [2.45, 2.75) is 45.4 Å². The molecular formula is C16H25NO3. The third-order valence-electron chi connectivity index (χ3n) is 3.01. The zero-order chi connectivity index (χ0) is 15.2. The average Bonchev–Trinajstić information content (AvgIpc) is 2.37. The molecule has 4 heteroatoms. The molecule has 0 aromatic heterocycles. The molecule has 0 heterocycles. The molecule has 0 radical (unpaired) electrons. The molecule has 0 aliphatic rings. The lowest BCUT2D eigenvalue weighted by molar-refractivity contribution is -0.137. The second-order valence-corrected chi connectivity index (χ2v) is 5.80. The Labute approximate surface area is 121 Å². The van der Waals surface area contributed by atoms with Crippen LogP contribution in [-0.4, -0.2) is 41.3 Å². The predicted octanol–water partition coefficient (Wildman–Crippen LogP) is 2.21. The van der Waals surface area contributed by atoms with Gasteiger partial charge in [-0.3, -0.25) is 4.79 Å². The van der Waals surface area contributed by atoms with E-state index in [1.807, 2.05) is 37.3 Å². The van der Waals surface area contributed by atoms with Crippen LogP contribution in [0.5, 0.6) is 0 Å². The van der Waals surface area contributed by atoms with Crippen molar-refractivity contribution in [2.24, 2.45) is 0 Å². The summed E-state index contributed by atoms with van der Waals surface area (Å²) in [5.74, 6) is -0.00896. The van der Waals surface area contributed by atoms with Crippen LogP contribution in [0.15, 0.2) is 30.3 Å². The van der Waals surface area contributed by atoms with Gasteiger partial charge in [0, 0.05) is 20.2 Å². The van der Waals surface area contributed by atoms with E-state index >= 15 is 0 Å². The number of rotatable bonds is 7. The molecule has 0 aliphatic heterocycles. The number of hydrogen-bond acceptors (Lipinski definition) is 3. The fraction of sp³-hybridized carbons (Fsp3) is 0.562. The maximum absolute atomic E-state index is 12.3. The molecule has 0 aliphatic carbocycles. The Balaban J connectivity index is 2.77. The highest BCUT2D eigenvalue weighted by Crippen LogP contribution is 2.13. The van der Waals surface area contributed by atoms with Gasteiger partial charge in [-0.25, -0.2) is 0 Å². The molecule has 0 spiro atoms. The van der Waals surface area contributed by atoms with Gasteiger partial charge < -0.3 is 14.7 Å². The van der Waals surface area contributed by atoms with Gasteiger partial charge in [0.15, 0.2) is 0 Å². The fourth-order valence-corrected chi connectivity index (χ4v) is 1.96. The van der Waals surface area contributed by atoms with Crippen LogP contribution in [-0.2, 0) is 16.1 Å².